The molecule has 10 heteroatoms. The number of aliphatic hydroxyl groups excluding tert-OH is 1. The highest BCUT2D eigenvalue weighted by atomic mass is 35.5. The van der Waals surface area contributed by atoms with Gasteiger partial charge in [-0.15, -0.1) is 0 Å². The number of carbonyl (C=O) groups excluding carboxylic acids is 1. The fourth-order valence-corrected chi connectivity index (χ4v) is 3.65. The van der Waals surface area contributed by atoms with Gasteiger partial charge >= 0.3 is 6.09 Å². The van der Waals surface area contributed by atoms with Gasteiger partial charge in [-0.05, 0) is 12.8 Å². The third-order valence-electron chi connectivity index (χ3n) is 4.75. The summed E-state index contributed by atoms with van der Waals surface area (Å²) in [5.41, 5.74) is -0.271. The first-order valence-electron chi connectivity index (χ1n) is 8.72. The monoisotopic (exact) mass is 388 g/mol. The molecule has 2 atom stereocenters. The summed E-state index contributed by atoms with van der Waals surface area (Å²) in [6.07, 6.45) is 2.38. The molecule has 2 aliphatic rings. The van der Waals surface area contributed by atoms with Crippen LogP contribution in [0.2, 0.25) is 5.02 Å². The Hall–Kier alpha value is -1.87. The Bertz CT molecular complexity index is 710. The number of nitrogens with one attached hydrogen (secondary N) is 1. The molecule has 2 fully saturated rings. The molecular weight excluding hydrogens is 367 g/mol. The lowest BCUT2D eigenvalue weighted by molar-refractivity contribution is 0.0682. The number of nitrogens with zero attached hydrogens (tertiary/aromatic N) is 3. The first-order chi connectivity index (χ1) is 12.5. The Balaban J connectivity index is 1.63. The second-order valence-corrected chi connectivity index (χ2v) is 6.96. The highest BCUT2D eigenvalue weighted by Crippen LogP contribution is 2.28. The van der Waals surface area contributed by atoms with Gasteiger partial charge in [-0.3, -0.25) is 4.79 Å². The zero-order valence-corrected chi connectivity index (χ0v) is 15.0. The minimum atomic E-state index is -1.39. The number of aromatic nitrogens is 2. The van der Waals surface area contributed by atoms with Crippen molar-refractivity contribution in [1.29, 1.82) is 0 Å². The number of alkyl carbamates (subject to hydrolysis) is 1. The van der Waals surface area contributed by atoms with Gasteiger partial charge in [0.05, 0.1) is 38.1 Å². The van der Waals surface area contributed by atoms with Gasteiger partial charge in [-0.2, -0.15) is 5.10 Å². The van der Waals surface area contributed by atoms with Crippen molar-refractivity contribution < 1.29 is 19.0 Å². The summed E-state index contributed by atoms with van der Waals surface area (Å²) < 4.78 is 20.6. The molecule has 1 saturated heterocycles. The van der Waals surface area contributed by atoms with Gasteiger partial charge in [0.2, 0.25) is 0 Å². The van der Waals surface area contributed by atoms with E-state index in [4.69, 9.17) is 21.4 Å². The van der Waals surface area contributed by atoms with Crippen LogP contribution in [0, 0.1) is 0 Å². The molecule has 0 spiro atoms. The lowest BCUT2D eigenvalue weighted by atomic mass is 10.2. The van der Waals surface area contributed by atoms with Crippen molar-refractivity contribution in [2.75, 3.05) is 24.6 Å². The van der Waals surface area contributed by atoms with Gasteiger partial charge < -0.3 is 20.1 Å². The van der Waals surface area contributed by atoms with Crippen molar-refractivity contribution in [1.82, 2.24) is 15.1 Å². The average molecular weight is 389 g/mol. The van der Waals surface area contributed by atoms with Crippen molar-refractivity contribution in [3.63, 3.8) is 0 Å². The summed E-state index contributed by atoms with van der Waals surface area (Å²) >= 11 is 6.09. The Morgan fingerprint density at radius 3 is 2.85 bits per heavy atom. The summed E-state index contributed by atoms with van der Waals surface area (Å²) in [6.45, 7) is -0.182. The second kappa shape index (κ2) is 8.22. The molecule has 1 amide bonds. The maximum Gasteiger partial charge on any atom is 0.407 e. The van der Waals surface area contributed by atoms with E-state index >= 15 is 0 Å². The molecule has 1 aliphatic carbocycles. The molecule has 26 heavy (non-hydrogen) atoms. The number of anilines is 1. The number of ether oxygens (including phenoxy) is 1. The molecule has 1 aliphatic heterocycles. The number of rotatable bonds is 5. The van der Waals surface area contributed by atoms with Gasteiger partial charge in [0.15, 0.2) is 12.3 Å². The first kappa shape index (κ1) is 18.9. The van der Waals surface area contributed by atoms with E-state index in [9.17, 15) is 14.0 Å². The zero-order valence-electron chi connectivity index (χ0n) is 14.2. The fourth-order valence-electron chi connectivity index (χ4n) is 3.38. The molecule has 2 unspecified atom stereocenters. The average Bonchev–Trinajstić information content (AvgIpc) is 3.22. The van der Waals surface area contributed by atoms with Crippen LogP contribution >= 0.6 is 11.6 Å². The Morgan fingerprint density at radius 2 is 2.15 bits per heavy atom. The summed E-state index contributed by atoms with van der Waals surface area (Å²) in [7, 11) is 0. The minimum Gasteiger partial charge on any atom is -0.441 e. The van der Waals surface area contributed by atoms with E-state index in [0.717, 1.165) is 30.4 Å². The molecular formula is C16H22ClFN4O4. The summed E-state index contributed by atoms with van der Waals surface area (Å²) in [4.78, 5) is 25.6. The largest absolute Gasteiger partial charge is 0.441 e. The molecule has 2 heterocycles. The van der Waals surface area contributed by atoms with Gasteiger partial charge in [0.25, 0.3) is 5.56 Å². The number of hydrogen-bond donors (Lipinski definition) is 2. The number of halogens is 2. The first-order valence-corrected chi connectivity index (χ1v) is 9.10. The summed E-state index contributed by atoms with van der Waals surface area (Å²) in [5, 5.41) is 15.5. The maximum absolute atomic E-state index is 14.3. The van der Waals surface area contributed by atoms with Crippen LogP contribution in [0.1, 0.15) is 25.7 Å². The molecule has 1 saturated carbocycles. The molecule has 1 aromatic heterocycles. The predicted molar refractivity (Wildman–Crippen MR) is 93.4 cm³/mol. The normalized spacial score (nSPS) is 23.4. The molecule has 0 bridgehead atoms. The maximum atomic E-state index is 14.3. The van der Waals surface area contributed by atoms with Crippen molar-refractivity contribution in [3.05, 3.63) is 21.6 Å². The number of alkyl halides is 1. The van der Waals surface area contributed by atoms with E-state index in [-0.39, 0.29) is 43.0 Å². The van der Waals surface area contributed by atoms with Crippen molar-refractivity contribution >= 4 is 23.4 Å². The number of aliphatic hydroxyl groups is 1. The molecule has 1 aromatic rings. The Morgan fingerprint density at radius 1 is 1.42 bits per heavy atom. The van der Waals surface area contributed by atoms with E-state index in [1.807, 2.05) is 0 Å². The van der Waals surface area contributed by atoms with Crippen LogP contribution in [0.3, 0.4) is 0 Å². The number of amides is 1. The van der Waals surface area contributed by atoms with Gasteiger partial charge in [-0.25, -0.2) is 13.9 Å². The van der Waals surface area contributed by atoms with Gasteiger partial charge in [0.1, 0.15) is 5.02 Å². The van der Waals surface area contributed by atoms with Gasteiger partial charge in [0, 0.05) is 6.04 Å². The third kappa shape index (κ3) is 4.09. The zero-order chi connectivity index (χ0) is 18.7. The molecule has 0 aromatic carbocycles. The van der Waals surface area contributed by atoms with Crippen LogP contribution in [-0.4, -0.2) is 59.0 Å². The van der Waals surface area contributed by atoms with Crippen LogP contribution < -0.4 is 15.8 Å². The van der Waals surface area contributed by atoms with Crippen LogP contribution in [0.15, 0.2) is 11.0 Å². The molecule has 3 rings (SSSR count). The Labute approximate surface area is 154 Å². The second-order valence-electron chi connectivity index (χ2n) is 6.59. The summed E-state index contributed by atoms with van der Waals surface area (Å²) in [5.74, 6) is 0. The molecule has 144 valence electrons. The van der Waals surface area contributed by atoms with Crippen LogP contribution in [-0.2, 0) is 11.3 Å². The standard InChI is InChI=1S/C16H22ClFN4O4/c17-14-12(7-19-22(5-6-23)15(14)24)21-8-11(18)13(9-21)26-16(25)20-10-3-1-2-4-10/h7,10-11,13,23H,1-6,8-9H2,(H,20,25). The number of carbonyl (C=O) groups is 1. The van der Waals surface area contributed by atoms with E-state index in [1.165, 1.54) is 11.1 Å². The smallest absolute Gasteiger partial charge is 0.407 e. The van der Waals surface area contributed by atoms with E-state index in [0.29, 0.717) is 0 Å². The van der Waals surface area contributed by atoms with E-state index < -0.39 is 23.9 Å². The quantitative estimate of drug-likeness (QED) is 0.783. The van der Waals surface area contributed by atoms with E-state index in [1.54, 1.807) is 0 Å². The molecule has 8 nitrogen and oxygen atoms in total. The lowest BCUT2D eigenvalue weighted by Crippen LogP contribution is -2.38. The van der Waals surface area contributed by atoms with Crippen LogP contribution in [0.25, 0.3) is 0 Å². The lowest BCUT2D eigenvalue weighted by Gasteiger charge is -2.20. The van der Waals surface area contributed by atoms with Crippen molar-refractivity contribution in [2.24, 2.45) is 0 Å². The minimum absolute atomic E-state index is 0.0254. The van der Waals surface area contributed by atoms with Crippen molar-refractivity contribution in [2.45, 2.75) is 50.5 Å². The topological polar surface area (TPSA) is 96.7 Å². The number of hydrogen-bond acceptors (Lipinski definition) is 6. The van der Waals surface area contributed by atoms with Gasteiger partial charge in [-0.1, -0.05) is 24.4 Å². The molecule has 2 N–H and O–H groups in total. The van der Waals surface area contributed by atoms with Crippen molar-refractivity contribution in [3.8, 4) is 0 Å². The third-order valence-corrected chi connectivity index (χ3v) is 5.11. The highest BCUT2D eigenvalue weighted by Gasteiger charge is 2.37. The van der Waals surface area contributed by atoms with Crippen LogP contribution in [0.4, 0.5) is 14.9 Å². The highest BCUT2D eigenvalue weighted by molar-refractivity contribution is 6.33. The fraction of sp³-hybridized carbons (Fsp3) is 0.688. The van der Waals surface area contributed by atoms with E-state index in [2.05, 4.69) is 10.4 Å². The predicted octanol–water partition coefficient (Wildman–Crippen LogP) is 1.08. The van der Waals surface area contributed by atoms with Crippen LogP contribution in [0.5, 0.6) is 0 Å². The SMILES string of the molecule is O=C(NC1CCCC1)OC1CN(c2cnn(CCO)c(=O)c2Cl)CC1F. The Kier molecular flexibility index (Phi) is 5.98. The summed E-state index contributed by atoms with van der Waals surface area (Å²) in [6, 6.07) is 0.0934. The molecule has 0 radical (unpaired) electrons.